The molecule has 0 saturated carbocycles. The van der Waals surface area contributed by atoms with Gasteiger partial charge in [0.1, 0.15) is 6.61 Å². The number of carbonyl (C=O) groups is 3. The maximum atomic E-state index is 13.3. The van der Waals surface area contributed by atoms with E-state index in [1.54, 1.807) is 4.90 Å². The first-order chi connectivity index (χ1) is 16.8. The first-order valence-electron chi connectivity index (χ1n) is 12.4. The molecule has 2 aromatic rings. The molecule has 2 amide bonds. The number of rotatable bonds is 7. The number of nitrogens with zero attached hydrogens (tertiary/aromatic N) is 1. The Balaban J connectivity index is 1.34. The number of piperidine rings is 1. The van der Waals surface area contributed by atoms with Crippen molar-refractivity contribution in [2.24, 2.45) is 17.8 Å². The Morgan fingerprint density at radius 1 is 1.06 bits per heavy atom. The summed E-state index contributed by atoms with van der Waals surface area (Å²) in [6.07, 6.45) is 0.366. The van der Waals surface area contributed by atoms with Gasteiger partial charge in [-0.1, -0.05) is 62.4 Å². The van der Waals surface area contributed by atoms with Crippen molar-refractivity contribution in [2.45, 2.75) is 45.6 Å². The highest BCUT2D eigenvalue weighted by Crippen LogP contribution is 2.44. The molecule has 1 aliphatic carbocycles. The zero-order chi connectivity index (χ0) is 25.1. The monoisotopic (exact) mass is 478 g/mol. The molecule has 1 unspecified atom stereocenters. The fraction of sp³-hybridized carbons (Fsp3) is 0.464. The molecule has 1 saturated heterocycles. The molecule has 1 aliphatic heterocycles. The Kier molecular flexibility index (Phi) is 7.43. The molecule has 1 heterocycles. The number of fused-ring (bicyclic) bond motifs is 3. The highest BCUT2D eigenvalue weighted by atomic mass is 16.5. The lowest BCUT2D eigenvalue weighted by atomic mass is 9.88. The van der Waals surface area contributed by atoms with Crippen LogP contribution in [0.25, 0.3) is 11.1 Å². The number of carboxylic acid groups (broad SMARTS) is 1. The van der Waals surface area contributed by atoms with Crippen molar-refractivity contribution in [1.82, 2.24) is 10.2 Å². The lowest BCUT2D eigenvalue weighted by Crippen LogP contribution is -2.51. The molecule has 0 radical (unpaired) electrons. The van der Waals surface area contributed by atoms with E-state index < -0.39 is 23.9 Å². The molecule has 0 aromatic heterocycles. The third-order valence-corrected chi connectivity index (χ3v) is 7.44. The van der Waals surface area contributed by atoms with Gasteiger partial charge in [0, 0.05) is 25.0 Å². The second kappa shape index (κ2) is 10.5. The number of nitrogens with one attached hydrogen (secondary N) is 1. The van der Waals surface area contributed by atoms with Gasteiger partial charge in [-0.2, -0.15) is 0 Å². The maximum absolute atomic E-state index is 13.3. The third-order valence-electron chi connectivity index (χ3n) is 7.44. The number of amides is 2. The van der Waals surface area contributed by atoms with Crippen LogP contribution in [0.1, 0.15) is 50.7 Å². The van der Waals surface area contributed by atoms with E-state index in [9.17, 15) is 19.5 Å². The first kappa shape index (κ1) is 24.8. The normalized spacial score (nSPS) is 20.2. The van der Waals surface area contributed by atoms with Crippen molar-refractivity contribution in [3.63, 3.8) is 0 Å². The summed E-state index contributed by atoms with van der Waals surface area (Å²) < 4.78 is 5.62. The predicted octanol–water partition coefficient (Wildman–Crippen LogP) is 4.51. The Labute approximate surface area is 206 Å². The molecule has 35 heavy (non-hydrogen) atoms. The van der Waals surface area contributed by atoms with Crippen molar-refractivity contribution in [3.05, 3.63) is 59.7 Å². The van der Waals surface area contributed by atoms with Gasteiger partial charge in [-0.25, -0.2) is 4.79 Å². The molecule has 0 bridgehead atoms. The first-order valence-corrected chi connectivity index (χ1v) is 12.4. The van der Waals surface area contributed by atoms with Crippen LogP contribution < -0.4 is 5.32 Å². The van der Waals surface area contributed by atoms with Crippen molar-refractivity contribution in [2.75, 3.05) is 19.7 Å². The third kappa shape index (κ3) is 5.19. The van der Waals surface area contributed by atoms with Gasteiger partial charge in [-0.15, -0.1) is 0 Å². The van der Waals surface area contributed by atoms with Crippen molar-refractivity contribution >= 4 is 18.0 Å². The maximum Gasteiger partial charge on any atom is 0.407 e. The minimum absolute atomic E-state index is 0.0146. The molecule has 186 valence electrons. The van der Waals surface area contributed by atoms with E-state index in [1.807, 2.05) is 45.0 Å². The van der Waals surface area contributed by atoms with E-state index in [0.29, 0.717) is 19.4 Å². The van der Waals surface area contributed by atoms with Gasteiger partial charge in [0.25, 0.3) is 0 Å². The number of ether oxygens (including phenoxy) is 1. The van der Waals surface area contributed by atoms with Crippen molar-refractivity contribution in [1.29, 1.82) is 0 Å². The second-order valence-electron chi connectivity index (χ2n) is 10.00. The van der Waals surface area contributed by atoms with Gasteiger partial charge < -0.3 is 20.1 Å². The highest BCUT2D eigenvalue weighted by molar-refractivity contribution is 5.81. The summed E-state index contributed by atoms with van der Waals surface area (Å²) in [5, 5.41) is 12.1. The van der Waals surface area contributed by atoms with Crippen LogP contribution in [0.15, 0.2) is 48.5 Å². The fourth-order valence-electron chi connectivity index (χ4n) is 5.39. The number of likely N-dealkylation sites (tertiary alicyclic amines) is 1. The lowest BCUT2D eigenvalue weighted by molar-refractivity contribution is -0.149. The quantitative estimate of drug-likeness (QED) is 0.611. The predicted molar refractivity (Wildman–Crippen MR) is 133 cm³/mol. The average molecular weight is 479 g/mol. The van der Waals surface area contributed by atoms with Crippen molar-refractivity contribution < 1.29 is 24.2 Å². The Morgan fingerprint density at radius 3 is 2.20 bits per heavy atom. The molecule has 7 heteroatoms. The van der Waals surface area contributed by atoms with E-state index >= 15 is 0 Å². The summed E-state index contributed by atoms with van der Waals surface area (Å²) >= 11 is 0. The van der Waals surface area contributed by atoms with Gasteiger partial charge >= 0.3 is 12.1 Å². The standard InChI is InChI=1S/C28H34N2O5/c1-17(2)24(26(31)30-13-12-19(27(32)33)14-18(30)3)15-29-28(34)35-16-25-22-10-6-4-8-20(22)21-9-5-7-11-23(21)25/h4-11,17-19,24-25H,12-16H2,1-3H3,(H,29,34)(H,32,33)/t18-,19-,24?/m0/s1. The number of carbonyl (C=O) groups excluding carboxylic acids is 2. The topological polar surface area (TPSA) is 95.9 Å². The van der Waals surface area contributed by atoms with E-state index in [0.717, 1.165) is 11.1 Å². The number of carboxylic acids is 1. The summed E-state index contributed by atoms with van der Waals surface area (Å²) in [7, 11) is 0. The molecule has 0 spiro atoms. The van der Waals surface area contributed by atoms with E-state index in [-0.39, 0.29) is 36.9 Å². The minimum Gasteiger partial charge on any atom is -0.481 e. The molecule has 2 aliphatic rings. The van der Waals surface area contributed by atoms with Crippen LogP contribution in [0.4, 0.5) is 4.79 Å². The summed E-state index contributed by atoms with van der Waals surface area (Å²) in [6.45, 7) is 6.63. The van der Waals surface area contributed by atoms with E-state index in [2.05, 4.69) is 29.6 Å². The van der Waals surface area contributed by atoms with Crippen LogP contribution in [0.5, 0.6) is 0 Å². The molecule has 2 aromatic carbocycles. The van der Waals surface area contributed by atoms with Crippen LogP contribution in [0.3, 0.4) is 0 Å². The summed E-state index contributed by atoms with van der Waals surface area (Å²) in [4.78, 5) is 39.0. The van der Waals surface area contributed by atoms with Crippen LogP contribution in [-0.4, -0.2) is 53.7 Å². The average Bonchev–Trinajstić information content (AvgIpc) is 3.16. The number of hydrogen-bond donors (Lipinski definition) is 2. The number of hydrogen-bond acceptors (Lipinski definition) is 4. The van der Waals surface area contributed by atoms with Crippen LogP contribution in [-0.2, 0) is 14.3 Å². The smallest absolute Gasteiger partial charge is 0.407 e. The number of aliphatic carboxylic acids is 1. The van der Waals surface area contributed by atoms with Gasteiger partial charge in [-0.05, 0) is 47.9 Å². The molecule has 2 N–H and O–H groups in total. The minimum atomic E-state index is -0.804. The Bertz CT molecular complexity index is 1050. The largest absolute Gasteiger partial charge is 0.481 e. The van der Waals surface area contributed by atoms with Crippen LogP contribution in [0, 0.1) is 17.8 Å². The zero-order valence-corrected chi connectivity index (χ0v) is 20.6. The van der Waals surface area contributed by atoms with Gasteiger partial charge in [0.15, 0.2) is 0 Å². The molecule has 1 fully saturated rings. The van der Waals surface area contributed by atoms with Gasteiger partial charge in [-0.3, -0.25) is 9.59 Å². The Morgan fingerprint density at radius 2 is 1.66 bits per heavy atom. The zero-order valence-electron chi connectivity index (χ0n) is 20.6. The lowest BCUT2D eigenvalue weighted by Gasteiger charge is -2.39. The Hall–Kier alpha value is -3.35. The molecule has 7 nitrogen and oxygen atoms in total. The summed E-state index contributed by atoms with van der Waals surface area (Å²) in [5.74, 6) is -1.67. The summed E-state index contributed by atoms with van der Waals surface area (Å²) in [6, 6.07) is 16.2. The van der Waals surface area contributed by atoms with Crippen LogP contribution >= 0.6 is 0 Å². The molecular formula is C28H34N2O5. The van der Waals surface area contributed by atoms with E-state index in [4.69, 9.17) is 4.74 Å². The van der Waals surface area contributed by atoms with Gasteiger partial charge in [0.05, 0.1) is 11.8 Å². The number of alkyl carbamates (subject to hydrolysis) is 1. The highest BCUT2D eigenvalue weighted by Gasteiger charge is 2.36. The number of benzene rings is 2. The van der Waals surface area contributed by atoms with Gasteiger partial charge in [0.2, 0.25) is 5.91 Å². The van der Waals surface area contributed by atoms with Crippen LogP contribution in [0.2, 0.25) is 0 Å². The van der Waals surface area contributed by atoms with Crippen molar-refractivity contribution in [3.8, 4) is 11.1 Å². The molecule has 4 rings (SSSR count). The van der Waals surface area contributed by atoms with E-state index in [1.165, 1.54) is 11.1 Å². The fourth-order valence-corrected chi connectivity index (χ4v) is 5.39. The SMILES string of the molecule is CC(C)C(CNC(=O)OCC1c2ccccc2-c2ccccc21)C(=O)N1CC[C@H](C(=O)O)C[C@@H]1C. The second-order valence-corrected chi connectivity index (χ2v) is 10.00. The molecule has 3 atom stereocenters. The summed E-state index contributed by atoms with van der Waals surface area (Å²) in [5.41, 5.74) is 4.64. The molecular weight excluding hydrogens is 444 g/mol.